The predicted molar refractivity (Wildman–Crippen MR) is 110 cm³/mol. The van der Waals surface area contributed by atoms with Crippen LogP contribution in [0.3, 0.4) is 0 Å². The molecule has 0 aliphatic carbocycles. The van der Waals surface area contributed by atoms with Gasteiger partial charge in [0.05, 0.1) is 5.75 Å². The maximum absolute atomic E-state index is 12.6. The molecule has 28 heavy (non-hydrogen) atoms. The summed E-state index contributed by atoms with van der Waals surface area (Å²) >= 11 is 1.46. The Labute approximate surface area is 170 Å². The highest BCUT2D eigenvalue weighted by atomic mass is 32.2. The van der Waals surface area contributed by atoms with E-state index in [1.807, 2.05) is 25.1 Å². The highest BCUT2D eigenvalue weighted by Gasteiger charge is 2.30. The summed E-state index contributed by atoms with van der Waals surface area (Å²) in [6.07, 6.45) is 4.49. The Morgan fingerprint density at radius 1 is 1.25 bits per heavy atom. The Morgan fingerprint density at radius 3 is 2.54 bits per heavy atom. The molecule has 9 heteroatoms. The lowest BCUT2D eigenvalue weighted by Gasteiger charge is -2.30. The van der Waals surface area contributed by atoms with Gasteiger partial charge in [-0.2, -0.15) is 0 Å². The fourth-order valence-electron chi connectivity index (χ4n) is 3.10. The lowest BCUT2D eigenvalue weighted by atomic mass is 9.97. The molecule has 2 aromatic rings. The van der Waals surface area contributed by atoms with Crippen LogP contribution in [0.4, 0.5) is 5.69 Å². The van der Waals surface area contributed by atoms with Crippen LogP contribution in [0.1, 0.15) is 25.3 Å². The highest BCUT2D eigenvalue weighted by molar-refractivity contribution is 7.99. The molecule has 1 aliphatic heterocycles. The normalized spacial score (nSPS) is 16.1. The predicted octanol–water partition coefficient (Wildman–Crippen LogP) is 2.94. The number of carbonyl (C=O) groups is 1. The molecule has 0 spiro atoms. The third-order valence-corrected chi connectivity index (χ3v) is 7.55. The first-order valence-corrected chi connectivity index (χ1v) is 11.7. The number of amides is 1. The summed E-state index contributed by atoms with van der Waals surface area (Å²) in [5.41, 5.74) is 1.73. The van der Waals surface area contributed by atoms with Crippen molar-refractivity contribution in [1.29, 1.82) is 0 Å². The summed E-state index contributed by atoms with van der Waals surface area (Å²) in [6, 6.07) is 7.58. The molecule has 0 unspecified atom stereocenters. The second-order valence-corrected chi connectivity index (χ2v) is 9.97. The number of nitrogens with zero attached hydrogens (tertiary/aromatic N) is 3. The first kappa shape index (κ1) is 20.8. The summed E-state index contributed by atoms with van der Waals surface area (Å²) in [4.78, 5) is 22.0. The van der Waals surface area contributed by atoms with Crippen molar-refractivity contribution in [2.24, 2.45) is 5.92 Å². The van der Waals surface area contributed by atoms with E-state index < -0.39 is 10.0 Å². The molecule has 150 valence electrons. The van der Waals surface area contributed by atoms with Gasteiger partial charge in [0, 0.05) is 42.0 Å². The van der Waals surface area contributed by atoms with E-state index in [4.69, 9.17) is 0 Å². The van der Waals surface area contributed by atoms with E-state index >= 15 is 0 Å². The molecule has 1 aliphatic rings. The number of nitrogens with one attached hydrogen (secondary N) is 1. The van der Waals surface area contributed by atoms with Gasteiger partial charge in [-0.3, -0.25) is 4.79 Å². The summed E-state index contributed by atoms with van der Waals surface area (Å²) in [5.74, 6) is -0.125. The van der Waals surface area contributed by atoms with E-state index in [9.17, 15) is 13.2 Å². The number of rotatable bonds is 6. The van der Waals surface area contributed by atoms with Crippen molar-refractivity contribution in [1.82, 2.24) is 14.3 Å². The minimum Gasteiger partial charge on any atom is -0.326 e. The number of aryl methyl sites for hydroxylation is 1. The molecule has 1 aromatic carbocycles. The first-order valence-electron chi connectivity index (χ1n) is 9.23. The van der Waals surface area contributed by atoms with Gasteiger partial charge in [-0.05, 0) is 68.3 Å². The number of benzene rings is 1. The van der Waals surface area contributed by atoms with Crippen molar-refractivity contribution < 1.29 is 13.2 Å². The van der Waals surface area contributed by atoms with Crippen LogP contribution in [0.5, 0.6) is 0 Å². The Kier molecular flexibility index (Phi) is 6.69. The molecule has 2 heterocycles. The summed E-state index contributed by atoms with van der Waals surface area (Å²) in [5, 5.41) is 3.66. The minimum atomic E-state index is -3.18. The third kappa shape index (κ3) is 5.09. The van der Waals surface area contributed by atoms with Gasteiger partial charge in [0.15, 0.2) is 5.16 Å². The van der Waals surface area contributed by atoms with E-state index in [-0.39, 0.29) is 17.6 Å². The zero-order valence-corrected chi connectivity index (χ0v) is 17.6. The van der Waals surface area contributed by atoms with Crippen LogP contribution in [0.15, 0.2) is 46.7 Å². The van der Waals surface area contributed by atoms with Gasteiger partial charge in [-0.25, -0.2) is 22.7 Å². The Hall–Kier alpha value is -1.97. The van der Waals surface area contributed by atoms with Gasteiger partial charge in [-0.1, -0.05) is 0 Å². The fourth-order valence-corrected chi connectivity index (χ4v) is 5.04. The van der Waals surface area contributed by atoms with Crippen LogP contribution in [0, 0.1) is 12.8 Å². The molecular weight excluding hydrogens is 396 g/mol. The SMILES string of the molecule is CCS(=O)(=O)N1CCC(C(=O)Nc2ccc(Sc3ncccn3)cc2C)CC1. The van der Waals surface area contributed by atoms with Gasteiger partial charge in [-0.15, -0.1) is 0 Å². The van der Waals surface area contributed by atoms with E-state index in [1.165, 1.54) is 16.1 Å². The molecule has 0 atom stereocenters. The van der Waals surface area contributed by atoms with Crippen molar-refractivity contribution in [2.45, 2.75) is 36.7 Å². The monoisotopic (exact) mass is 420 g/mol. The van der Waals surface area contributed by atoms with Crippen LogP contribution in [-0.2, 0) is 14.8 Å². The molecule has 0 saturated carbocycles. The van der Waals surface area contributed by atoms with Gasteiger partial charge in [0.1, 0.15) is 0 Å². The smallest absolute Gasteiger partial charge is 0.227 e. The molecular formula is C19H24N4O3S2. The molecule has 1 saturated heterocycles. The van der Waals surface area contributed by atoms with Gasteiger partial charge < -0.3 is 5.32 Å². The zero-order valence-electron chi connectivity index (χ0n) is 16.0. The summed E-state index contributed by atoms with van der Waals surface area (Å²) < 4.78 is 25.4. The zero-order chi connectivity index (χ0) is 20.1. The van der Waals surface area contributed by atoms with Crippen molar-refractivity contribution in [3.8, 4) is 0 Å². The minimum absolute atomic E-state index is 0.0524. The molecule has 1 amide bonds. The van der Waals surface area contributed by atoms with Crippen LogP contribution in [-0.4, -0.2) is 47.4 Å². The van der Waals surface area contributed by atoms with Crippen LogP contribution < -0.4 is 5.32 Å². The largest absolute Gasteiger partial charge is 0.326 e. The summed E-state index contributed by atoms with van der Waals surface area (Å²) in [7, 11) is -3.18. The molecule has 3 rings (SSSR count). The molecule has 0 bridgehead atoms. The lowest BCUT2D eigenvalue weighted by Crippen LogP contribution is -2.42. The molecule has 1 N–H and O–H groups in total. The van der Waals surface area contributed by atoms with Crippen LogP contribution in [0.25, 0.3) is 0 Å². The first-order chi connectivity index (χ1) is 13.4. The topological polar surface area (TPSA) is 92.3 Å². The number of aromatic nitrogens is 2. The Morgan fingerprint density at radius 2 is 1.93 bits per heavy atom. The molecule has 1 fully saturated rings. The average Bonchev–Trinajstić information content (AvgIpc) is 2.71. The van der Waals surface area contributed by atoms with Gasteiger partial charge in [0.2, 0.25) is 15.9 Å². The average molecular weight is 421 g/mol. The molecule has 0 radical (unpaired) electrons. The fraction of sp³-hybridized carbons (Fsp3) is 0.421. The standard InChI is InChI=1S/C19H24N4O3S2/c1-3-28(25,26)23-11-7-15(8-12-23)18(24)22-17-6-5-16(13-14(17)2)27-19-20-9-4-10-21-19/h4-6,9-10,13,15H,3,7-8,11-12H2,1-2H3,(H,22,24). The van der Waals surface area contributed by atoms with Crippen molar-refractivity contribution >= 4 is 33.4 Å². The maximum atomic E-state index is 12.6. The number of carbonyl (C=O) groups excluding carboxylic acids is 1. The maximum Gasteiger partial charge on any atom is 0.227 e. The number of hydrogen-bond acceptors (Lipinski definition) is 6. The van der Waals surface area contributed by atoms with Crippen LogP contribution in [0.2, 0.25) is 0 Å². The van der Waals surface area contributed by atoms with E-state index in [0.29, 0.717) is 31.1 Å². The number of hydrogen-bond donors (Lipinski definition) is 1. The van der Waals surface area contributed by atoms with E-state index in [0.717, 1.165) is 16.1 Å². The lowest BCUT2D eigenvalue weighted by molar-refractivity contribution is -0.120. The quantitative estimate of drug-likeness (QED) is 0.723. The Balaban J connectivity index is 1.59. The number of piperidine rings is 1. The van der Waals surface area contributed by atoms with Crippen LogP contribution >= 0.6 is 11.8 Å². The highest BCUT2D eigenvalue weighted by Crippen LogP contribution is 2.29. The van der Waals surface area contributed by atoms with Crippen molar-refractivity contribution in [2.75, 3.05) is 24.2 Å². The second-order valence-electron chi connectivity index (χ2n) is 6.67. The number of anilines is 1. The van der Waals surface area contributed by atoms with Gasteiger partial charge in [0.25, 0.3) is 0 Å². The van der Waals surface area contributed by atoms with E-state index in [2.05, 4.69) is 15.3 Å². The second kappa shape index (κ2) is 9.02. The van der Waals surface area contributed by atoms with E-state index in [1.54, 1.807) is 25.4 Å². The van der Waals surface area contributed by atoms with Crippen molar-refractivity contribution in [3.05, 3.63) is 42.2 Å². The third-order valence-electron chi connectivity index (χ3n) is 4.79. The summed E-state index contributed by atoms with van der Waals surface area (Å²) in [6.45, 7) is 4.39. The molecule has 7 nitrogen and oxygen atoms in total. The number of sulfonamides is 1. The van der Waals surface area contributed by atoms with Gasteiger partial charge >= 0.3 is 0 Å². The van der Waals surface area contributed by atoms with Crippen molar-refractivity contribution in [3.63, 3.8) is 0 Å². The molecule has 1 aromatic heterocycles. The Bertz CT molecular complexity index is 927.